The quantitative estimate of drug-likeness (QED) is 0.783. The second kappa shape index (κ2) is 5.93. The first kappa shape index (κ1) is 14.4. The van der Waals surface area contributed by atoms with E-state index in [1.807, 2.05) is 26.0 Å². The van der Waals surface area contributed by atoms with Crippen molar-refractivity contribution in [1.29, 1.82) is 0 Å². The minimum Gasteiger partial charge on any atom is -0.507 e. The van der Waals surface area contributed by atoms with E-state index in [4.69, 9.17) is 0 Å². The molecule has 0 heterocycles. The Morgan fingerprint density at radius 3 is 2.21 bits per heavy atom. The van der Waals surface area contributed by atoms with Crippen LogP contribution in [0.15, 0.2) is 12.1 Å². The average Bonchev–Trinajstić information content (AvgIpc) is 2.43. The van der Waals surface area contributed by atoms with Crippen molar-refractivity contribution in [3.05, 3.63) is 28.8 Å². The number of aliphatic hydroxyl groups excluding tert-OH is 1. The van der Waals surface area contributed by atoms with Gasteiger partial charge in [-0.1, -0.05) is 31.4 Å². The molecule has 1 aromatic carbocycles. The van der Waals surface area contributed by atoms with Crippen molar-refractivity contribution in [2.45, 2.75) is 58.0 Å². The normalized spacial score (nSPS) is 18.5. The molecule has 2 rings (SSSR count). The molecule has 1 saturated carbocycles. The van der Waals surface area contributed by atoms with Crippen molar-refractivity contribution in [1.82, 2.24) is 5.32 Å². The molecule has 1 aliphatic carbocycles. The number of hydrogen-bond donors (Lipinski definition) is 3. The van der Waals surface area contributed by atoms with Gasteiger partial charge in [-0.3, -0.25) is 0 Å². The van der Waals surface area contributed by atoms with Crippen molar-refractivity contribution in [2.24, 2.45) is 0 Å². The SMILES string of the molecule is Cc1cc(CNC2(CO)CCCCC2)cc(C)c1O. The van der Waals surface area contributed by atoms with Crippen molar-refractivity contribution >= 4 is 0 Å². The molecule has 0 bridgehead atoms. The van der Waals surface area contributed by atoms with E-state index in [9.17, 15) is 10.2 Å². The van der Waals surface area contributed by atoms with E-state index in [1.54, 1.807) is 0 Å². The zero-order valence-corrected chi connectivity index (χ0v) is 12.0. The highest BCUT2D eigenvalue weighted by Crippen LogP contribution is 2.29. The second-order valence-electron chi connectivity index (χ2n) is 5.93. The summed E-state index contributed by atoms with van der Waals surface area (Å²) in [6, 6.07) is 4.03. The maximum absolute atomic E-state index is 9.78. The molecule has 0 aromatic heterocycles. The van der Waals surface area contributed by atoms with Crippen LogP contribution in [0.5, 0.6) is 5.75 Å². The van der Waals surface area contributed by atoms with Crippen LogP contribution in [-0.2, 0) is 6.54 Å². The summed E-state index contributed by atoms with van der Waals surface area (Å²) in [6.45, 7) is 4.81. The predicted molar refractivity (Wildman–Crippen MR) is 77.3 cm³/mol. The van der Waals surface area contributed by atoms with Gasteiger partial charge in [-0.25, -0.2) is 0 Å². The van der Waals surface area contributed by atoms with Gasteiger partial charge in [0.25, 0.3) is 0 Å². The topological polar surface area (TPSA) is 52.5 Å². The monoisotopic (exact) mass is 263 g/mol. The number of phenolic OH excluding ortho intramolecular Hbond substituents is 1. The number of aryl methyl sites for hydroxylation is 2. The summed E-state index contributed by atoms with van der Waals surface area (Å²) >= 11 is 0. The van der Waals surface area contributed by atoms with E-state index in [1.165, 1.54) is 24.8 Å². The van der Waals surface area contributed by atoms with Crippen LogP contribution in [0.2, 0.25) is 0 Å². The summed E-state index contributed by atoms with van der Waals surface area (Å²) < 4.78 is 0. The number of benzene rings is 1. The van der Waals surface area contributed by atoms with Gasteiger partial charge in [0.15, 0.2) is 0 Å². The molecular formula is C16H25NO2. The fourth-order valence-corrected chi connectivity index (χ4v) is 3.06. The van der Waals surface area contributed by atoms with E-state index in [2.05, 4.69) is 5.32 Å². The summed E-state index contributed by atoms with van der Waals surface area (Å²) in [5, 5.41) is 23.0. The van der Waals surface area contributed by atoms with Gasteiger partial charge in [-0.2, -0.15) is 0 Å². The number of aliphatic hydroxyl groups is 1. The third kappa shape index (κ3) is 3.28. The van der Waals surface area contributed by atoms with E-state index in [0.717, 1.165) is 30.5 Å². The minimum absolute atomic E-state index is 0.0993. The minimum atomic E-state index is -0.0993. The molecule has 3 nitrogen and oxygen atoms in total. The lowest BCUT2D eigenvalue weighted by Crippen LogP contribution is -2.49. The van der Waals surface area contributed by atoms with E-state index in [-0.39, 0.29) is 12.1 Å². The molecule has 0 spiro atoms. The number of hydrogen-bond acceptors (Lipinski definition) is 3. The molecule has 0 atom stereocenters. The first-order chi connectivity index (χ1) is 9.06. The Hall–Kier alpha value is -1.06. The Kier molecular flexibility index (Phi) is 4.48. The van der Waals surface area contributed by atoms with Crippen LogP contribution < -0.4 is 5.32 Å². The van der Waals surface area contributed by atoms with Crippen LogP contribution in [0.25, 0.3) is 0 Å². The molecule has 3 N–H and O–H groups in total. The molecule has 1 aliphatic rings. The highest BCUT2D eigenvalue weighted by atomic mass is 16.3. The second-order valence-corrected chi connectivity index (χ2v) is 5.93. The standard InChI is InChI=1S/C16H25NO2/c1-12-8-14(9-13(2)15(12)19)10-17-16(11-18)6-4-3-5-7-16/h8-9,17-19H,3-7,10-11H2,1-2H3. The Balaban J connectivity index is 2.05. The maximum atomic E-state index is 9.78. The van der Waals surface area contributed by atoms with Crippen LogP contribution in [0.1, 0.15) is 48.8 Å². The average molecular weight is 263 g/mol. The first-order valence-corrected chi connectivity index (χ1v) is 7.21. The largest absolute Gasteiger partial charge is 0.507 e. The molecule has 106 valence electrons. The Morgan fingerprint density at radius 2 is 1.68 bits per heavy atom. The highest BCUT2D eigenvalue weighted by molar-refractivity contribution is 5.42. The molecule has 1 fully saturated rings. The third-order valence-electron chi connectivity index (χ3n) is 4.33. The Labute approximate surface area is 115 Å². The van der Waals surface area contributed by atoms with E-state index < -0.39 is 0 Å². The molecule has 0 amide bonds. The Morgan fingerprint density at radius 1 is 1.11 bits per heavy atom. The van der Waals surface area contributed by atoms with E-state index in [0.29, 0.717) is 5.75 Å². The fraction of sp³-hybridized carbons (Fsp3) is 0.625. The lowest BCUT2D eigenvalue weighted by molar-refractivity contribution is 0.119. The van der Waals surface area contributed by atoms with Gasteiger partial charge in [0, 0.05) is 12.1 Å². The zero-order chi connectivity index (χ0) is 13.9. The van der Waals surface area contributed by atoms with Crippen molar-refractivity contribution in [3.63, 3.8) is 0 Å². The van der Waals surface area contributed by atoms with Gasteiger partial charge in [-0.05, 0) is 43.4 Å². The molecule has 0 saturated heterocycles. The van der Waals surface area contributed by atoms with Crippen molar-refractivity contribution in [2.75, 3.05) is 6.61 Å². The third-order valence-corrected chi connectivity index (χ3v) is 4.33. The van der Waals surface area contributed by atoms with Gasteiger partial charge in [0.1, 0.15) is 5.75 Å². The summed E-state index contributed by atoms with van der Waals surface area (Å²) in [4.78, 5) is 0. The van der Waals surface area contributed by atoms with Gasteiger partial charge in [-0.15, -0.1) is 0 Å². The van der Waals surface area contributed by atoms with Crippen molar-refractivity contribution in [3.8, 4) is 5.75 Å². The first-order valence-electron chi connectivity index (χ1n) is 7.21. The van der Waals surface area contributed by atoms with Gasteiger partial charge in [0.05, 0.1) is 6.61 Å². The lowest BCUT2D eigenvalue weighted by atomic mass is 9.82. The smallest absolute Gasteiger partial charge is 0.121 e. The maximum Gasteiger partial charge on any atom is 0.121 e. The number of rotatable bonds is 4. The summed E-state index contributed by atoms with van der Waals surface area (Å²) in [5.74, 6) is 0.387. The lowest BCUT2D eigenvalue weighted by Gasteiger charge is -2.36. The predicted octanol–water partition coefficient (Wildman–Crippen LogP) is 2.79. The molecular weight excluding hydrogens is 238 g/mol. The number of nitrogens with one attached hydrogen (secondary N) is 1. The zero-order valence-electron chi connectivity index (χ0n) is 12.0. The Bertz CT molecular complexity index is 413. The summed E-state index contributed by atoms with van der Waals surface area (Å²) in [5.41, 5.74) is 2.90. The molecule has 3 heteroatoms. The number of phenols is 1. The summed E-state index contributed by atoms with van der Waals surface area (Å²) in [7, 11) is 0. The molecule has 0 unspecified atom stereocenters. The molecule has 0 radical (unpaired) electrons. The van der Waals surface area contributed by atoms with Gasteiger partial charge in [0.2, 0.25) is 0 Å². The van der Waals surface area contributed by atoms with Crippen LogP contribution >= 0.6 is 0 Å². The van der Waals surface area contributed by atoms with Crippen LogP contribution in [-0.4, -0.2) is 22.4 Å². The van der Waals surface area contributed by atoms with E-state index >= 15 is 0 Å². The van der Waals surface area contributed by atoms with Crippen molar-refractivity contribution < 1.29 is 10.2 Å². The summed E-state index contributed by atoms with van der Waals surface area (Å²) in [6.07, 6.45) is 5.78. The fourth-order valence-electron chi connectivity index (χ4n) is 3.06. The van der Waals surface area contributed by atoms with Gasteiger partial charge >= 0.3 is 0 Å². The molecule has 0 aliphatic heterocycles. The molecule has 1 aromatic rings. The van der Waals surface area contributed by atoms with Crippen LogP contribution in [0, 0.1) is 13.8 Å². The van der Waals surface area contributed by atoms with Crippen LogP contribution in [0.3, 0.4) is 0 Å². The van der Waals surface area contributed by atoms with Gasteiger partial charge < -0.3 is 15.5 Å². The molecule has 19 heavy (non-hydrogen) atoms. The number of aromatic hydroxyl groups is 1. The van der Waals surface area contributed by atoms with Crippen LogP contribution in [0.4, 0.5) is 0 Å². The highest BCUT2D eigenvalue weighted by Gasteiger charge is 2.30.